The smallest absolute Gasteiger partial charge is 0.237 e. The minimum Gasteiger partial charge on any atom is -0.352 e. The van der Waals surface area contributed by atoms with E-state index in [1.54, 1.807) is 0 Å². The van der Waals surface area contributed by atoms with Crippen molar-refractivity contribution in [2.45, 2.75) is 70.4 Å². The van der Waals surface area contributed by atoms with E-state index in [4.69, 9.17) is 5.73 Å². The number of carbonyl (C=O) groups excluding carboxylic acids is 1. The van der Waals surface area contributed by atoms with Gasteiger partial charge in [-0.3, -0.25) is 9.69 Å². The van der Waals surface area contributed by atoms with Crippen LogP contribution in [0.4, 0.5) is 0 Å². The Kier molecular flexibility index (Phi) is 6.30. The first-order chi connectivity index (χ1) is 9.70. The molecule has 1 unspecified atom stereocenters. The summed E-state index contributed by atoms with van der Waals surface area (Å²) in [5, 5.41) is 3.25. The molecule has 1 amide bonds. The Labute approximate surface area is 123 Å². The van der Waals surface area contributed by atoms with Gasteiger partial charge in [-0.1, -0.05) is 19.3 Å². The lowest BCUT2D eigenvalue weighted by molar-refractivity contribution is -0.127. The standard InChI is InChI=1S/C16H31N3O/c1-13(16(20)18-15-5-3-2-4-6-15)19-11-8-14(7-10-17)9-12-19/h13-15H,2-12,17H2,1H3,(H,18,20). The highest BCUT2D eigenvalue weighted by atomic mass is 16.2. The highest BCUT2D eigenvalue weighted by molar-refractivity contribution is 5.81. The molecule has 1 heterocycles. The first-order valence-corrected chi connectivity index (χ1v) is 8.45. The highest BCUT2D eigenvalue weighted by Gasteiger charge is 2.27. The van der Waals surface area contributed by atoms with E-state index < -0.39 is 0 Å². The number of amides is 1. The molecule has 20 heavy (non-hydrogen) atoms. The summed E-state index contributed by atoms with van der Waals surface area (Å²) in [6.07, 6.45) is 9.71. The van der Waals surface area contributed by atoms with E-state index in [2.05, 4.69) is 17.1 Å². The van der Waals surface area contributed by atoms with Crippen LogP contribution in [0.3, 0.4) is 0 Å². The van der Waals surface area contributed by atoms with Crippen LogP contribution in [0.5, 0.6) is 0 Å². The maximum Gasteiger partial charge on any atom is 0.237 e. The Morgan fingerprint density at radius 3 is 2.45 bits per heavy atom. The number of hydrogen-bond acceptors (Lipinski definition) is 3. The number of rotatable bonds is 5. The van der Waals surface area contributed by atoms with E-state index in [0.29, 0.717) is 6.04 Å². The summed E-state index contributed by atoms with van der Waals surface area (Å²) >= 11 is 0. The third-order valence-corrected chi connectivity index (χ3v) is 5.10. The Hall–Kier alpha value is -0.610. The average Bonchev–Trinajstić information content (AvgIpc) is 2.48. The number of piperidine rings is 1. The first kappa shape index (κ1) is 15.8. The van der Waals surface area contributed by atoms with Crippen LogP contribution >= 0.6 is 0 Å². The largest absolute Gasteiger partial charge is 0.352 e. The molecule has 2 rings (SSSR count). The lowest BCUT2D eigenvalue weighted by Gasteiger charge is -2.36. The van der Waals surface area contributed by atoms with E-state index in [-0.39, 0.29) is 11.9 Å². The molecule has 0 aromatic rings. The second-order valence-electron chi connectivity index (χ2n) is 6.58. The molecule has 1 aliphatic carbocycles. The van der Waals surface area contributed by atoms with E-state index >= 15 is 0 Å². The maximum atomic E-state index is 12.3. The van der Waals surface area contributed by atoms with Crippen LogP contribution in [0.15, 0.2) is 0 Å². The molecule has 2 aliphatic rings. The van der Waals surface area contributed by atoms with Crippen LogP contribution in [0.25, 0.3) is 0 Å². The minimum absolute atomic E-state index is 0.0238. The summed E-state index contributed by atoms with van der Waals surface area (Å²) in [6.45, 7) is 4.94. The molecule has 2 fully saturated rings. The van der Waals surface area contributed by atoms with Gasteiger partial charge in [0, 0.05) is 6.04 Å². The molecular weight excluding hydrogens is 250 g/mol. The molecule has 3 N–H and O–H groups in total. The van der Waals surface area contributed by atoms with Crippen LogP contribution in [0, 0.1) is 5.92 Å². The molecule has 0 aromatic heterocycles. The van der Waals surface area contributed by atoms with Crippen molar-refractivity contribution in [1.29, 1.82) is 0 Å². The van der Waals surface area contributed by atoms with E-state index in [0.717, 1.165) is 44.8 Å². The zero-order valence-electron chi connectivity index (χ0n) is 12.9. The number of nitrogens with one attached hydrogen (secondary N) is 1. The van der Waals surface area contributed by atoms with Crippen molar-refractivity contribution >= 4 is 5.91 Å². The third-order valence-electron chi connectivity index (χ3n) is 5.10. The van der Waals surface area contributed by atoms with Gasteiger partial charge in [-0.05, 0) is 64.6 Å². The van der Waals surface area contributed by atoms with Gasteiger partial charge in [0.25, 0.3) is 0 Å². The van der Waals surface area contributed by atoms with Crippen LogP contribution in [0.2, 0.25) is 0 Å². The average molecular weight is 281 g/mol. The van der Waals surface area contributed by atoms with Gasteiger partial charge >= 0.3 is 0 Å². The summed E-state index contributed by atoms with van der Waals surface area (Å²) in [5.74, 6) is 0.999. The third kappa shape index (κ3) is 4.45. The quantitative estimate of drug-likeness (QED) is 0.809. The monoisotopic (exact) mass is 281 g/mol. The molecule has 0 bridgehead atoms. The van der Waals surface area contributed by atoms with Crippen LogP contribution in [-0.2, 0) is 4.79 Å². The van der Waals surface area contributed by atoms with Gasteiger partial charge in [0.15, 0.2) is 0 Å². The fraction of sp³-hybridized carbons (Fsp3) is 0.938. The number of hydrogen-bond donors (Lipinski definition) is 2. The van der Waals surface area contributed by atoms with E-state index in [1.807, 2.05) is 0 Å². The highest BCUT2D eigenvalue weighted by Crippen LogP contribution is 2.22. The molecule has 4 nitrogen and oxygen atoms in total. The Morgan fingerprint density at radius 2 is 1.85 bits per heavy atom. The van der Waals surface area contributed by atoms with Gasteiger partial charge < -0.3 is 11.1 Å². The Balaban J connectivity index is 1.73. The zero-order chi connectivity index (χ0) is 14.4. The van der Waals surface area contributed by atoms with Gasteiger partial charge in [-0.25, -0.2) is 0 Å². The molecular formula is C16H31N3O. The van der Waals surface area contributed by atoms with Crippen molar-refractivity contribution in [2.24, 2.45) is 11.7 Å². The SMILES string of the molecule is CC(C(=O)NC1CCCCC1)N1CCC(CCN)CC1. The summed E-state index contributed by atoms with van der Waals surface area (Å²) in [7, 11) is 0. The number of nitrogens with two attached hydrogens (primary N) is 1. The molecule has 1 saturated carbocycles. The second kappa shape index (κ2) is 7.99. The molecule has 1 atom stereocenters. The molecule has 1 aliphatic heterocycles. The molecule has 0 spiro atoms. The summed E-state index contributed by atoms with van der Waals surface area (Å²) in [6, 6.07) is 0.448. The summed E-state index contributed by atoms with van der Waals surface area (Å²) in [4.78, 5) is 14.7. The van der Waals surface area contributed by atoms with Gasteiger partial charge in [0.05, 0.1) is 6.04 Å². The van der Waals surface area contributed by atoms with Crippen molar-refractivity contribution in [3.63, 3.8) is 0 Å². The Morgan fingerprint density at radius 1 is 1.20 bits per heavy atom. The van der Waals surface area contributed by atoms with Gasteiger partial charge in [-0.2, -0.15) is 0 Å². The fourth-order valence-electron chi connectivity index (χ4n) is 3.60. The summed E-state index contributed by atoms with van der Waals surface area (Å²) < 4.78 is 0. The maximum absolute atomic E-state index is 12.3. The van der Waals surface area contributed by atoms with E-state index in [1.165, 1.54) is 32.1 Å². The van der Waals surface area contributed by atoms with Crippen molar-refractivity contribution in [2.75, 3.05) is 19.6 Å². The molecule has 1 saturated heterocycles. The predicted molar refractivity (Wildman–Crippen MR) is 82.4 cm³/mol. The second-order valence-corrected chi connectivity index (χ2v) is 6.58. The van der Waals surface area contributed by atoms with Gasteiger partial charge in [-0.15, -0.1) is 0 Å². The molecule has 0 aromatic carbocycles. The van der Waals surface area contributed by atoms with Crippen LogP contribution in [0.1, 0.15) is 58.3 Å². The zero-order valence-corrected chi connectivity index (χ0v) is 12.9. The summed E-state index contributed by atoms with van der Waals surface area (Å²) in [5.41, 5.74) is 5.63. The first-order valence-electron chi connectivity index (χ1n) is 8.45. The van der Waals surface area contributed by atoms with Gasteiger partial charge in [0.1, 0.15) is 0 Å². The number of likely N-dealkylation sites (tertiary alicyclic amines) is 1. The van der Waals surface area contributed by atoms with Gasteiger partial charge in [0.2, 0.25) is 5.91 Å². The van der Waals surface area contributed by atoms with E-state index in [9.17, 15) is 4.79 Å². The number of nitrogens with zero attached hydrogens (tertiary/aromatic N) is 1. The van der Waals surface area contributed by atoms with Crippen molar-refractivity contribution < 1.29 is 4.79 Å². The predicted octanol–water partition coefficient (Wildman–Crippen LogP) is 1.88. The van der Waals surface area contributed by atoms with Crippen LogP contribution in [-0.4, -0.2) is 42.5 Å². The molecule has 4 heteroatoms. The van der Waals surface area contributed by atoms with Crippen molar-refractivity contribution in [3.8, 4) is 0 Å². The Bertz CT molecular complexity index is 294. The minimum atomic E-state index is 0.0238. The molecule has 0 radical (unpaired) electrons. The van der Waals surface area contributed by atoms with Crippen molar-refractivity contribution in [1.82, 2.24) is 10.2 Å². The lowest BCUT2D eigenvalue weighted by atomic mass is 9.92. The lowest BCUT2D eigenvalue weighted by Crippen LogP contribution is -2.50. The normalized spacial score (nSPS) is 24.5. The fourth-order valence-corrected chi connectivity index (χ4v) is 3.60. The topological polar surface area (TPSA) is 58.4 Å². The van der Waals surface area contributed by atoms with Crippen LogP contribution < -0.4 is 11.1 Å². The molecule has 116 valence electrons. The van der Waals surface area contributed by atoms with Crippen molar-refractivity contribution in [3.05, 3.63) is 0 Å². The number of carbonyl (C=O) groups is 1.